The van der Waals surface area contributed by atoms with Crippen LogP contribution in [0.4, 0.5) is 0 Å². The molecule has 2 atom stereocenters. The van der Waals surface area contributed by atoms with E-state index in [0.717, 1.165) is 29.5 Å². The summed E-state index contributed by atoms with van der Waals surface area (Å²) in [6, 6.07) is 18.5. The van der Waals surface area contributed by atoms with E-state index in [9.17, 15) is 9.90 Å². The minimum atomic E-state index is -0.691. The van der Waals surface area contributed by atoms with Crippen molar-refractivity contribution in [3.05, 3.63) is 87.4 Å². The Hall–Kier alpha value is -2.89. The predicted molar refractivity (Wildman–Crippen MR) is 139 cm³/mol. The van der Waals surface area contributed by atoms with Crippen LogP contribution in [0.1, 0.15) is 42.9 Å². The molecule has 0 aromatic heterocycles. The molecule has 0 saturated heterocycles. The molecule has 0 saturated carbocycles. The van der Waals surface area contributed by atoms with Crippen molar-refractivity contribution in [2.24, 2.45) is 0 Å². The van der Waals surface area contributed by atoms with Gasteiger partial charge in [-0.1, -0.05) is 79.0 Å². The minimum Gasteiger partial charge on any atom is -0.504 e. The summed E-state index contributed by atoms with van der Waals surface area (Å²) in [5.74, 6) is 0.802. The van der Waals surface area contributed by atoms with E-state index >= 15 is 0 Å². The zero-order valence-electron chi connectivity index (χ0n) is 19.6. The van der Waals surface area contributed by atoms with Crippen LogP contribution in [0.5, 0.6) is 17.2 Å². The Balaban J connectivity index is 1.43. The smallest absolute Gasteiger partial charge is 0.261 e. The molecule has 3 aromatic carbocycles. The van der Waals surface area contributed by atoms with Crippen LogP contribution < -0.4 is 14.8 Å². The Morgan fingerprint density at radius 1 is 1.06 bits per heavy atom. The molecular weight excluding hydrogens is 485 g/mol. The number of benzene rings is 3. The maximum atomic E-state index is 13.1. The number of rotatable bonds is 9. The molecule has 2 N–H and O–H groups in total. The average Bonchev–Trinajstić information content (AvgIpc) is 2.85. The Morgan fingerprint density at radius 2 is 1.80 bits per heavy atom. The molecule has 0 heterocycles. The van der Waals surface area contributed by atoms with Crippen LogP contribution in [-0.2, 0) is 24.2 Å². The molecule has 1 aliphatic carbocycles. The Labute approximate surface area is 216 Å². The second-order valence-corrected chi connectivity index (χ2v) is 9.53. The molecule has 3 aromatic rings. The fraction of sp³-hybridized carbons (Fsp3) is 0.321. The highest BCUT2D eigenvalue weighted by Gasteiger charge is 2.28. The first-order valence-corrected chi connectivity index (χ1v) is 12.6. The number of phenols is 1. The van der Waals surface area contributed by atoms with Gasteiger partial charge < -0.3 is 19.9 Å². The molecule has 0 bridgehead atoms. The van der Waals surface area contributed by atoms with Crippen LogP contribution in [-0.4, -0.2) is 23.2 Å². The predicted octanol–water partition coefficient (Wildman–Crippen LogP) is 6.50. The van der Waals surface area contributed by atoms with Gasteiger partial charge >= 0.3 is 0 Å². The van der Waals surface area contributed by atoms with E-state index in [1.807, 2.05) is 43.3 Å². The second-order valence-electron chi connectivity index (χ2n) is 8.72. The minimum absolute atomic E-state index is 0.0498. The molecule has 1 aliphatic rings. The topological polar surface area (TPSA) is 67.8 Å². The largest absolute Gasteiger partial charge is 0.504 e. The van der Waals surface area contributed by atoms with Gasteiger partial charge in [0.1, 0.15) is 6.61 Å². The van der Waals surface area contributed by atoms with E-state index in [1.165, 1.54) is 0 Å². The van der Waals surface area contributed by atoms with Crippen molar-refractivity contribution in [2.75, 3.05) is 0 Å². The number of carbonyl (C=O) groups is 1. The van der Waals surface area contributed by atoms with Crippen molar-refractivity contribution < 1.29 is 19.4 Å². The molecule has 0 aliphatic heterocycles. The summed E-state index contributed by atoms with van der Waals surface area (Å²) in [4.78, 5) is 13.1. The fourth-order valence-electron chi connectivity index (χ4n) is 4.36. The van der Waals surface area contributed by atoms with Gasteiger partial charge in [-0.2, -0.15) is 0 Å². The zero-order chi connectivity index (χ0) is 24.8. The molecule has 4 rings (SSSR count). The van der Waals surface area contributed by atoms with Gasteiger partial charge in [0, 0.05) is 11.6 Å². The highest BCUT2D eigenvalue weighted by atomic mass is 35.5. The van der Waals surface area contributed by atoms with Crippen LogP contribution in [0.25, 0.3) is 0 Å². The normalized spacial score (nSPS) is 15.7. The number of hydrogen-bond donors (Lipinski definition) is 2. The highest BCUT2D eigenvalue weighted by Crippen LogP contribution is 2.38. The lowest BCUT2D eigenvalue weighted by Crippen LogP contribution is -2.46. The molecule has 35 heavy (non-hydrogen) atoms. The van der Waals surface area contributed by atoms with Gasteiger partial charge in [0.15, 0.2) is 23.4 Å². The number of carbonyl (C=O) groups excluding carboxylic acids is 1. The maximum Gasteiger partial charge on any atom is 0.261 e. The summed E-state index contributed by atoms with van der Waals surface area (Å²) >= 11 is 12.5. The van der Waals surface area contributed by atoms with Gasteiger partial charge in [0.25, 0.3) is 5.91 Å². The van der Waals surface area contributed by atoms with Gasteiger partial charge in [-0.3, -0.25) is 4.79 Å². The summed E-state index contributed by atoms with van der Waals surface area (Å²) in [7, 11) is 0. The molecule has 5 nitrogen and oxygen atoms in total. The molecule has 0 fully saturated rings. The first-order chi connectivity index (χ1) is 17.0. The number of nitrogens with one attached hydrogen (secondary N) is 1. The summed E-state index contributed by atoms with van der Waals surface area (Å²) in [5, 5.41) is 14.3. The lowest BCUT2D eigenvalue weighted by Gasteiger charge is -2.29. The molecule has 2 unspecified atom stereocenters. The Morgan fingerprint density at radius 3 is 2.51 bits per heavy atom. The van der Waals surface area contributed by atoms with Crippen molar-refractivity contribution in [1.29, 1.82) is 0 Å². The van der Waals surface area contributed by atoms with Crippen LogP contribution in [0.15, 0.2) is 60.7 Å². The monoisotopic (exact) mass is 513 g/mol. The summed E-state index contributed by atoms with van der Waals surface area (Å²) in [6.45, 7) is 2.38. The van der Waals surface area contributed by atoms with Gasteiger partial charge in [0.2, 0.25) is 0 Å². The third kappa shape index (κ3) is 6.22. The Bertz CT molecular complexity index is 1150. The number of hydrogen-bond acceptors (Lipinski definition) is 4. The third-order valence-electron chi connectivity index (χ3n) is 6.14. The van der Waals surface area contributed by atoms with Crippen molar-refractivity contribution in [2.45, 2.75) is 57.8 Å². The Kier molecular flexibility index (Phi) is 8.42. The number of fused-ring (bicyclic) bond motifs is 1. The van der Waals surface area contributed by atoms with Crippen LogP contribution in [0.2, 0.25) is 10.0 Å². The van der Waals surface area contributed by atoms with Crippen molar-refractivity contribution >= 4 is 29.1 Å². The summed E-state index contributed by atoms with van der Waals surface area (Å²) in [5.41, 5.74) is 3.09. The molecule has 1 amide bonds. The first-order valence-electron chi connectivity index (χ1n) is 11.9. The lowest BCUT2D eigenvalue weighted by atomic mass is 9.87. The molecule has 184 valence electrons. The zero-order valence-corrected chi connectivity index (χ0v) is 21.1. The third-order valence-corrected chi connectivity index (χ3v) is 6.74. The molecule has 0 radical (unpaired) electrons. The van der Waals surface area contributed by atoms with Crippen molar-refractivity contribution in [3.8, 4) is 17.2 Å². The summed E-state index contributed by atoms with van der Waals surface area (Å²) < 4.78 is 12.0. The number of ether oxygens (including phenoxy) is 2. The second kappa shape index (κ2) is 11.7. The van der Waals surface area contributed by atoms with Crippen LogP contribution in [0, 0.1) is 0 Å². The van der Waals surface area contributed by atoms with E-state index < -0.39 is 6.10 Å². The van der Waals surface area contributed by atoms with E-state index in [1.54, 1.807) is 24.3 Å². The van der Waals surface area contributed by atoms with Gasteiger partial charge in [-0.25, -0.2) is 0 Å². The maximum absolute atomic E-state index is 13.1. The van der Waals surface area contributed by atoms with Gasteiger partial charge in [0.05, 0.1) is 10.0 Å². The van der Waals surface area contributed by atoms with Crippen molar-refractivity contribution in [1.82, 2.24) is 5.32 Å². The highest BCUT2D eigenvalue weighted by molar-refractivity contribution is 6.37. The van der Waals surface area contributed by atoms with Gasteiger partial charge in [-0.05, 0) is 55.0 Å². The fourth-order valence-corrected chi connectivity index (χ4v) is 4.85. The lowest BCUT2D eigenvalue weighted by molar-refractivity contribution is -0.129. The standard InChI is InChI=1S/C28H29Cl2NO4/c1-2-7-25(35-27-22(29)10-6-11-23(27)30)28(33)31-20-13-14-21-19(16-20)12-15-24(32)26(21)34-17-18-8-4-3-5-9-18/h3-6,8-12,15,20,25,32H,2,7,13-14,16-17H2,1H3,(H,31,33). The number of amides is 1. The van der Waals surface area contributed by atoms with Crippen LogP contribution in [0.3, 0.4) is 0 Å². The summed E-state index contributed by atoms with van der Waals surface area (Å²) in [6.07, 6.45) is 2.69. The van der Waals surface area contributed by atoms with E-state index in [0.29, 0.717) is 47.4 Å². The average molecular weight is 514 g/mol. The number of phenolic OH excluding ortho intramolecular Hbond substituents is 1. The number of aromatic hydroxyl groups is 1. The van der Waals surface area contributed by atoms with E-state index in [2.05, 4.69) is 5.32 Å². The van der Waals surface area contributed by atoms with Crippen molar-refractivity contribution in [3.63, 3.8) is 0 Å². The van der Waals surface area contributed by atoms with Crippen LogP contribution >= 0.6 is 23.2 Å². The quantitative estimate of drug-likeness (QED) is 0.342. The number of para-hydroxylation sites is 1. The SMILES string of the molecule is CCCC(Oc1c(Cl)cccc1Cl)C(=O)NC1CCc2c(ccc(O)c2OCc2ccccc2)C1. The van der Waals surface area contributed by atoms with Gasteiger partial charge in [-0.15, -0.1) is 0 Å². The molecule has 7 heteroatoms. The van der Waals surface area contributed by atoms with E-state index in [-0.39, 0.29) is 17.7 Å². The molecular formula is C28H29Cl2NO4. The molecule has 0 spiro atoms. The first kappa shape index (κ1) is 25.2. The number of halogens is 2. The van der Waals surface area contributed by atoms with E-state index in [4.69, 9.17) is 32.7 Å².